The molecule has 0 aromatic carbocycles. The smallest absolute Gasteiger partial charge is 0.271 e. The molecule has 0 saturated carbocycles. The standard InChI is InChI=1S/C19H30N4O4S2/c1-19(2,3)20-17(24)16-12-28-13-23(16)18(25)15-10-14(11-21(15)4)29(26,27)22-8-6-5-7-9-22/h10-11,16H,5-9,12-13H2,1-4H3,(H,20,24). The van der Waals surface area contributed by atoms with Crippen LogP contribution >= 0.6 is 11.8 Å². The fourth-order valence-corrected chi connectivity index (χ4v) is 6.35. The van der Waals surface area contributed by atoms with E-state index in [-0.39, 0.29) is 27.9 Å². The fraction of sp³-hybridized carbons (Fsp3) is 0.684. The molecule has 1 unspecified atom stereocenters. The van der Waals surface area contributed by atoms with Crippen molar-refractivity contribution in [1.82, 2.24) is 19.1 Å². The lowest BCUT2D eigenvalue weighted by Crippen LogP contribution is -2.52. The number of aromatic nitrogens is 1. The van der Waals surface area contributed by atoms with Crippen LogP contribution in [0.15, 0.2) is 17.2 Å². The predicted molar refractivity (Wildman–Crippen MR) is 113 cm³/mol. The third kappa shape index (κ3) is 4.80. The molecule has 2 saturated heterocycles. The van der Waals surface area contributed by atoms with Crippen molar-refractivity contribution in [3.05, 3.63) is 18.0 Å². The van der Waals surface area contributed by atoms with Gasteiger partial charge in [-0.3, -0.25) is 9.59 Å². The number of rotatable bonds is 4. The monoisotopic (exact) mass is 442 g/mol. The molecule has 10 heteroatoms. The van der Waals surface area contributed by atoms with Crippen molar-refractivity contribution in [2.24, 2.45) is 7.05 Å². The zero-order valence-electron chi connectivity index (χ0n) is 17.5. The molecule has 1 aromatic rings. The average Bonchev–Trinajstić information content (AvgIpc) is 3.27. The highest BCUT2D eigenvalue weighted by molar-refractivity contribution is 7.99. The van der Waals surface area contributed by atoms with Gasteiger partial charge >= 0.3 is 0 Å². The Morgan fingerprint density at radius 3 is 2.45 bits per heavy atom. The van der Waals surface area contributed by atoms with Gasteiger partial charge < -0.3 is 14.8 Å². The minimum Gasteiger partial charge on any atom is -0.350 e. The molecular weight excluding hydrogens is 412 g/mol. The quantitative estimate of drug-likeness (QED) is 0.765. The Hall–Kier alpha value is -1.52. The van der Waals surface area contributed by atoms with E-state index in [9.17, 15) is 18.0 Å². The molecule has 2 fully saturated rings. The van der Waals surface area contributed by atoms with Crippen LogP contribution in [0.4, 0.5) is 0 Å². The number of carbonyl (C=O) groups excluding carboxylic acids is 2. The summed E-state index contributed by atoms with van der Waals surface area (Å²) in [6.45, 7) is 6.72. The Balaban J connectivity index is 1.82. The Kier molecular flexibility index (Phi) is 6.35. The van der Waals surface area contributed by atoms with E-state index in [4.69, 9.17) is 0 Å². The fourth-order valence-electron chi connectivity index (χ4n) is 3.60. The highest BCUT2D eigenvalue weighted by Gasteiger charge is 2.38. The van der Waals surface area contributed by atoms with Crippen molar-refractivity contribution in [3.63, 3.8) is 0 Å². The SMILES string of the molecule is Cn1cc(S(=O)(=O)N2CCCCC2)cc1C(=O)N1CSCC1C(=O)NC(C)(C)C. The van der Waals surface area contributed by atoms with Gasteiger partial charge in [0.1, 0.15) is 16.6 Å². The van der Waals surface area contributed by atoms with Gasteiger partial charge in [-0.15, -0.1) is 11.8 Å². The van der Waals surface area contributed by atoms with E-state index in [1.807, 2.05) is 20.8 Å². The zero-order chi connectivity index (χ0) is 21.4. The number of sulfonamides is 1. The lowest BCUT2D eigenvalue weighted by Gasteiger charge is -2.27. The zero-order valence-corrected chi connectivity index (χ0v) is 19.1. The Labute approximate surface area is 177 Å². The van der Waals surface area contributed by atoms with Crippen molar-refractivity contribution in [1.29, 1.82) is 0 Å². The molecule has 3 heterocycles. The van der Waals surface area contributed by atoms with Crippen LogP contribution < -0.4 is 5.32 Å². The predicted octanol–water partition coefficient (Wildman–Crippen LogP) is 1.63. The molecule has 0 radical (unpaired) electrons. The van der Waals surface area contributed by atoms with Crippen molar-refractivity contribution in [2.45, 2.75) is 56.5 Å². The van der Waals surface area contributed by atoms with Gasteiger partial charge in [0, 0.05) is 37.6 Å². The molecule has 1 N–H and O–H groups in total. The normalized spacial score (nSPS) is 21.4. The molecule has 1 aromatic heterocycles. The Bertz CT molecular complexity index is 883. The first-order valence-electron chi connectivity index (χ1n) is 9.88. The van der Waals surface area contributed by atoms with Gasteiger partial charge in [0.15, 0.2) is 0 Å². The van der Waals surface area contributed by atoms with Gasteiger partial charge in [-0.05, 0) is 39.7 Å². The average molecular weight is 443 g/mol. The summed E-state index contributed by atoms with van der Waals surface area (Å²) >= 11 is 1.52. The number of piperidine rings is 1. The first-order chi connectivity index (χ1) is 13.5. The lowest BCUT2D eigenvalue weighted by atomic mass is 10.1. The highest BCUT2D eigenvalue weighted by Crippen LogP contribution is 2.27. The number of amides is 2. The summed E-state index contributed by atoms with van der Waals surface area (Å²) in [5.74, 6) is 0.412. The summed E-state index contributed by atoms with van der Waals surface area (Å²) in [6.07, 6.45) is 4.24. The number of nitrogens with zero attached hydrogens (tertiary/aromatic N) is 3. The van der Waals surface area contributed by atoms with Crippen LogP contribution in [0.2, 0.25) is 0 Å². The van der Waals surface area contributed by atoms with Gasteiger partial charge in [0.25, 0.3) is 5.91 Å². The number of thioether (sulfide) groups is 1. The molecular formula is C19H30N4O4S2. The number of nitrogens with one attached hydrogen (secondary N) is 1. The van der Waals surface area contributed by atoms with E-state index < -0.39 is 16.1 Å². The first-order valence-corrected chi connectivity index (χ1v) is 12.5. The Morgan fingerprint density at radius 2 is 1.83 bits per heavy atom. The number of hydrogen-bond donors (Lipinski definition) is 1. The summed E-state index contributed by atoms with van der Waals surface area (Å²) in [6, 6.07) is 0.873. The summed E-state index contributed by atoms with van der Waals surface area (Å²) in [5, 5.41) is 2.93. The van der Waals surface area contributed by atoms with Crippen molar-refractivity contribution in [2.75, 3.05) is 24.7 Å². The number of carbonyl (C=O) groups is 2. The van der Waals surface area contributed by atoms with Crippen LogP contribution in [0.5, 0.6) is 0 Å². The van der Waals surface area contributed by atoms with Crippen LogP contribution in [-0.4, -0.2) is 70.3 Å². The maximum absolute atomic E-state index is 13.2. The molecule has 162 valence electrons. The van der Waals surface area contributed by atoms with Crippen LogP contribution in [0.25, 0.3) is 0 Å². The Morgan fingerprint density at radius 1 is 1.17 bits per heavy atom. The van der Waals surface area contributed by atoms with Crippen LogP contribution in [0, 0.1) is 0 Å². The van der Waals surface area contributed by atoms with E-state index >= 15 is 0 Å². The topological polar surface area (TPSA) is 91.7 Å². The minimum absolute atomic E-state index is 0.132. The molecule has 8 nitrogen and oxygen atoms in total. The van der Waals surface area contributed by atoms with Crippen LogP contribution in [0.3, 0.4) is 0 Å². The molecule has 0 spiro atoms. The highest BCUT2D eigenvalue weighted by atomic mass is 32.2. The maximum Gasteiger partial charge on any atom is 0.271 e. The summed E-state index contributed by atoms with van der Waals surface area (Å²) < 4.78 is 28.9. The number of hydrogen-bond acceptors (Lipinski definition) is 5. The minimum atomic E-state index is -3.62. The largest absolute Gasteiger partial charge is 0.350 e. The maximum atomic E-state index is 13.2. The molecule has 29 heavy (non-hydrogen) atoms. The number of aryl methyl sites for hydroxylation is 1. The second kappa shape index (κ2) is 8.31. The van der Waals surface area contributed by atoms with Gasteiger partial charge in [0.2, 0.25) is 15.9 Å². The van der Waals surface area contributed by atoms with Crippen molar-refractivity contribution >= 4 is 33.6 Å². The van der Waals surface area contributed by atoms with E-state index in [0.29, 0.717) is 24.7 Å². The van der Waals surface area contributed by atoms with Crippen molar-refractivity contribution in [3.8, 4) is 0 Å². The van der Waals surface area contributed by atoms with Crippen molar-refractivity contribution < 1.29 is 18.0 Å². The van der Waals surface area contributed by atoms with E-state index in [1.165, 1.54) is 33.2 Å². The molecule has 2 aliphatic rings. The van der Waals surface area contributed by atoms with E-state index in [2.05, 4.69) is 5.32 Å². The summed E-state index contributed by atoms with van der Waals surface area (Å²) in [7, 11) is -1.95. The molecule has 3 rings (SSSR count). The second-order valence-electron chi connectivity index (χ2n) is 8.67. The van der Waals surface area contributed by atoms with E-state index in [0.717, 1.165) is 19.3 Å². The molecule has 0 aliphatic carbocycles. The van der Waals surface area contributed by atoms with Gasteiger partial charge in [0.05, 0.1) is 5.88 Å². The van der Waals surface area contributed by atoms with Crippen LogP contribution in [-0.2, 0) is 21.9 Å². The molecule has 0 bridgehead atoms. The van der Waals surface area contributed by atoms with Gasteiger partial charge in [-0.25, -0.2) is 8.42 Å². The van der Waals surface area contributed by atoms with Crippen LogP contribution in [0.1, 0.15) is 50.5 Å². The molecule has 2 aliphatic heterocycles. The first kappa shape index (κ1) is 22.2. The second-order valence-corrected chi connectivity index (χ2v) is 11.6. The molecule has 2 amide bonds. The lowest BCUT2D eigenvalue weighted by molar-refractivity contribution is -0.125. The molecule has 1 atom stereocenters. The van der Waals surface area contributed by atoms with E-state index in [1.54, 1.807) is 11.6 Å². The third-order valence-electron chi connectivity index (χ3n) is 5.10. The van der Waals surface area contributed by atoms with Gasteiger partial charge in [-0.2, -0.15) is 4.31 Å². The van der Waals surface area contributed by atoms with Gasteiger partial charge in [-0.1, -0.05) is 6.42 Å². The summed E-state index contributed by atoms with van der Waals surface area (Å²) in [5.41, 5.74) is -0.114. The third-order valence-corrected chi connectivity index (χ3v) is 7.97. The summed E-state index contributed by atoms with van der Waals surface area (Å²) in [4.78, 5) is 27.5.